The fourth-order valence-corrected chi connectivity index (χ4v) is 3.20. The van der Waals surface area contributed by atoms with E-state index >= 15 is 0 Å². The van der Waals surface area contributed by atoms with Crippen LogP contribution >= 0.6 is 0 Å². The van der Waals surface area contributed by atoms with Crippen molar-refractivity contribution >= 4 is 11.6 Å². The molecule has 1 amide bonds. The van der Waals surface area contributed by atoms with Crippen LogP contribution < -0.4 is 11.1 Å². The smallest absolute Gasteiger partial charge is 0.253 e. The number of carbonyl (C=O) groups is 1. The summed E-state index contributed by atoms with van der Waals surface area (Å²) < 4.78 is 13.4. The molecule has 1 atom stereocenters. The van der Waals surface area contributed by atoms with Gasteiger partial charge in [0.05, 0.1) is 11.6 Å². The van der Waals surface area contributed by atoms with E-state index in [9.17, 15) is 9.18 Å². The molecule has 1 unspecified atom stereocenters. The van der Waals surface area contributed by atoms with Gasteiger partial charge in [-0.25, -0.2) is 4.39 Å². The lowest BCUT2D eigenvalue weighted by Crippen LogP contribution is -2.37. The molecule has 1 saturated heterocycles. The number of benzene rings is 2. The molecule has 0 spiro atoms. The van der Waals surface area contributed by atoms with Crippen LogP contribution in [0.15, 0.2) is 48.5 Å². The summed E-state index contributed by atoms with van der Waals surface area (Å²) in [6.45, 7) is 2.52. The maximum Gasteiger partial charge on any atom is 0.253 e. The first-order chi connectivity index (χ1) is 11.6. The SMILES string of the molecule is Nc1ccc(F)cc1C(=O)NCC(c1ccccc1)N1CCCC1. The van der Waals surface area contributed by atoms with E-state index in [1.54, 1.807) is 0 Å². The minimum atomic E-state index is -0.464. The minimum Gasteiger partial charge on any atom is -0.398 e. The third kappa shape index (κ3) is 3.74. The summed E-state index contributed by atoms with van der Waals surface area (Å²) in [6.07, 6.45) is 2.35. The predicted molar refractivity (Wildman–Crippen MR) is 93.1 cm³/mol. The lowest BCUT2D eigenvalue weighted by molar-refractivity contribution is 0.0938. The van der Waals surface area contributed by atoms with Gasteiger partial charge in [-0.05, 0) is 49.7 Å². The van der Waals surface area contributed by atoms with Gasteiger partial charge in [-0.15, -0.1) is 0 Å². The van der Waals surface area contributed by atoms with Gasteiger partial charge in [0, 0.05) is 12.2 Å². The van der Waals surface area contributed by atoms with E-state index in [0.29, 0.717) is 6.54 Å². The predicted octanol–water partition coefficient (Wildman–Crippen LogP) is 2.97. The lowest BCUT2D eigenvalue weighted by atomic mass is 10.1. The van der Waals surface area contributed by atoms with E-state index in [4.69, 9.17) is 5.73 Å². The molecule has 1 aliphatic heterocycles. The highest BCUT2D eigenvalue weighted by atomic mass is 19.1. The zero-order valence-corrected chi connectivity index (χ0v) is 13.5. The second-order valence-electron chi connectivity index (χ2n) is 6.11. The Bertz CT molecular complexity index is 699. The van der Waals surface area contributed by atoms with Crippen LogP contribution in [-0.2, 0) is 0 Å². The standard InChI is InChI=1S/C19H22FN3O/c20-15-8-9-17(21)16(12-15)19(24)22-13-18(23-10-4-5-11-23)14-6-2-1-3-7-14/h1-3,6-9,12,18H,4-5,10-11,13,21H2,(H,22,24). The summed E-state index contributed by atoms with van der Waals surface area (Å²) in [5.74, 6) is -0.805. The molecule has 3 N–H and O–H groups in total. The number of nitrogens with two attached hydrogens (primary N) is 1. The van der Waals surface area contributed by atoms with Crippen molar-refractivity contribution in [1.29, 1.82) is 0 Å². The number of nitrogen functional groups attached to an aromatic ring is 1. The fraction of sp³-hybridized carbons (Fsp3) is 0.316. The Labute approximate surface area is 141 Å². The maximum absolute atomic E-state index is 13.4. The van der Waals surface area contributed by atoms with E-state index in [0.717, 1.165) is 13.1 Å². The van der Waals surface area contributed by atoms with Crippen LogP contribution in [0.5, 0.6) is 0 Å². The molecule has 1 heterocycles. The molecule has 5 heteroatoms. The molecule has 0 radical (unpaired) electrons. The summed E-state index contributed by atoms with van der Waals surface area (Å²) >= 11 is 0. The number of carbonyl (C=O) groups excluding carboxylic acids is 1. The van der Waals surface area contributed by atoms with Crippen LogP contribution in [-0.4, -0.2) is 30.4 Å². The van der Waals surface area contributed by atoms with Crippen LogP contribution in [0.2, 0.25) is 0 Å². The molecule has 1 fully saturated rings. The Kier molecular flexibility index (Phi) is 5.11. The number of halogens is 1. The topological polar surface area (TPSA) is 58.4 Å². The van der Waals surface area contributed by atoms with Gasteiger partial charge in [-0.2, -0.15) is 0 Å². The average molecular weight is 327 g/mol. The Hall–Kier alpha value is -2.40. The zero-order valence-electron chi connectivity index (χ0n) is 13.5. The number of nitrogens with one attached hydrogen (secondary N) is 1. The highest BCUT2D eigenvalue weighted by Crippen LogP contribution is 2.24. The molecule has 1 aliphatic rings. The Morgan fingerprint density at radius 2 is 1.88 bits per heavy atom. The van der Waals surface area contributed by atoms with Crippen molar-refractivity contribution < 1.29 is 9.18 Å². The molecule has 2 aromatic rings. The van der Waals surface area contributed by atoms with Crippen LogP contribution in [0, 0.1) is 5.82 Å². The van der Waals surface area contributed by atoms with E-state index in [1.807, 2.05) is 18.2 Å². The second kappa shape index (κ2) is 7.45. The highest BCUT2D eigenvalue weighted by Gasteiger charge is 2.24. The van der Waals surface area contributed by atoms with Gasteiger partial charge in [-0.3, -0.25) is 9.69 Å². The maximum atomic E-state index is 13.4. The number of nitrogens with zero attached hydrogens (tertiary/aromatic N) is 1. The Morgan fingerprint density at radius 3 is 2.58 bits per heavy atom. The lowest BCUT2D eigenvalue weighted by Gasteiger charge is -2.28. The van der Waals surface area contributed by atoms with Crippen LogP contribution in [0.4, 0.5) is 10.1 Å². The fourth-order valence-electron chi connectivity index (χ4n) is 3.20. The quantitative estimate of drug-likeness (QED) is 0.830. The zero-order chi connectivity index (χ0) is 16.9. The van der Waals surface area contributed by atoms with Gasteiger partial charge in [0.15, 0.2) is 0 Å². The van der Waals surface area contributed by atoms with E-state index in [-0.39, 0.29) is 23.2 Å². The molecule has 2 aromatic carbocycles. The molecule has 3 rings (SSSR count). The molecule has 0 saturated carbocycles. The third-order valence-electron chi connectivity index (χ3n) is 4.48. The summed E-state index contributed by atoms with van der Waals surface area (Å²) in [7, 11) is 0. The minimum absolute atomic E-state index is 0.118. The number of amides is 1. The van der Waals surface area contributed by atoms with Crippen molar-refractivity contribution in [3.05, 3.63) is 65.5 Å². The van der Waals surface area contributed by atoms with Crippen LogP contribution in [0.3, 0.4) is 0 Å². The van der Waals surface area contributed by atoms with Gasteiger partial charge in [-0.1, -0.05) is 30.3 Å². The molecule has 24 heavy (non-hydrogen) atoms. The number of hydrogen-bond acceptors (Lipinski definition) is 3. The Morgan fingerprint density at radius 1 is 1.17 bits per heavy atom. The number of likely N-dealkylation sites (tertiary alicyclic amines) is 1. The van der Waals surface area contributed by atoms with Crippen LogP contribution in [0.1, 0.15) is 34.8 Å². The molecular formula is C19H22FN3O. The summed E-state index contributed by atoms with van der Waals surface area (Å²) in [5, 5.41) is 2.92. The molecule has 4 nitrogen and oxygen atoms in total. The van der Waals surface area contributed by atoms with E-state index < -0.39 is 5.82 Å². The average Bonchev–Trinajstić information content (AvgIpc) is 3.12. The summed E-state index contributed by atoms with van der Waals surface area (Å²) in [4.78, 5) is 14.8. The number of anilines is 1. The van der Waals surface area contributed by atoms with Crippen molar-refractivity contribution in [3.8, 4) is 0 Å². The molecule has 0 aliphatic carbocycles. The first-order valence-corrected chi connectivity index (χ1v) is 8.27. The first-order valence-electron chi connectivity index (χ1n) is 8.27. The summed E-state index contributed by atoms with van der Waals surface area (Å²) in [5.41, 5.74) is 7.43. The van der Waals surface area contributed by atoms with Crippen molar-refractivity contribution in [2.45, 2.75) is 18.9 Å². The largest absolute Gasteiger partial charge is 0.398 e. The number of rotatable bonds is 5. The summed E-state index contributed by atoms with van der Waals surface area (Å²) in [6, 6.07) is 14.1. The molecule has 126 valence electrons. The van der Waals surface area contributed by atoms with Gasteiger partial charge in [0.25, 0.3) is 5.91 Å². The van der Waals surface area contributed by atoms with Crippen LogP contribution in [0.25, 0.3) is 0 Å². The van der Waals surface area contributed by atoms with Gasteiger partial charge in [0.2, 0.25) is 0 Å². The second-order valence-corrected chi connectivity index (χ2v) is 6.11. The van der Waals surface area contributed by atoms with Crippen molar-refractivity contribution in [3.63, 3.8) is 0 Å². The van der Waals surface area contributed by atoms with E-state index in [2.05, 4.69) is 22.3 Å². The van der Waals surface area contributed by atoms with Gasteiger partial charge in [0.1, 0.15) is 5.82 Å². The highest BCUT2D eigenvalue weighted by molar-refractivity contribution is 5.99. The number of hydrogen-bond donors (Lipinski definition) is 2. The van der Waals surface area contributed by atoms with Crippen molar-refractivity contribution in [2.75, 3.05) is 25.4 Å². The monoisotopic (exact) mass is 327 g/mol. The normalized spacial score (nSPS) is 16.0. The first kappa shape index (κ1) is 16.5. The molecular weight excluding hydrogens is 305 g/mol. The van der Waals surface area contributed by atoms with Crippen molar-refractivity contribution in [2.24, 2.45) is 0 Å². The molecule has 0 bridgehead atoms. The third-order valence-corrected chi connectivity index (χ3v) is 4.48. The van der Waals surface area contributed by atoms with E-state index in [1.165, 1.54) is 36.6 Å². The van der Waals surface area contributed by atoms with Gasteiger partial charge >= 0.3 is 0 Å². The molecule has 0 aromatic heterocycles. The Balaban J connectivity index is 1.73. The van der Waals surface area contributed by atoms with Crippen molar-refractivity contribution in [1.82, 2.24) is 10.2 Å². The van der Waals surface area contributed by atoms with Gasteiger partial charge < -0.3 is 11.1 Å².